The molecule has 0 aliphatic carbocycles. The van der Waals surface area contributed by atoms with Crippen LogP contribution in [0.15, 0.2) is 48.7 Å². The van der Waals surface area contributed by atoms with E-state index < -0.39 is 0 Å². The average Bonchev–Trinajstić information content (AvgIpc) is 3.14. The Hall–Kier alpha value is -2.77. The fourth-order valence-corrected chi connectivity index (χ4v) is 2.96. The van der Waals surface area contributed by atoms with Crippen LogP contribution in [0, 0.1) is 0 Å². The number of hydrogen-bond donors (Lipinski definition) is 1. The van der Waals surface area contributed by atoms with Crippen molar-refractivity contribution in [3.63, 3.8) is 0 Å². The molecule has 7 heteroatoms. The Labute approximate surface area is 152 Å². The lowest BCUT2D eigenvalue weighted by Gasteiger charge is -2.22. The Morgan fingerprint density at radius 3 is 2.81 bits per heavy atom. The summed E-state index contributed by atoms with van der Waals surface area (Å²) in [6.45, 7) is 2.23. The Balaban J connectivity index is 1.65. The minimum atomic E-state index is -0.136. The van der Waals surface area contributed by atoms with Crippen molar-refractivity contribution in [2.24, 2.45) is 0 Å². The summed E-state index contributed by atoms with van der Waals surface area (Å²) in [6, 6.07) is 13.7. The minimum Gasteiger partial charge on any atom is -0.497 e. The van der Waals surface area contributed by atoms with Crippen molar-refractivity contribution in [1.82, 2.24) is 25.1 Å². The Morgan fingerprint density at radius 2 is 2.12 bits per heavy atom. The number of aromatic nitrogens is 4. The molecular formula is C19H21N5O2. The van der Waals surface area contributed by atoms with Crippen LogP contribution < -0.4 is 10.1 Å². The second kappa shape index (κ2) is 7.63. The number of nitrogens with zero attached hydrogens (tertiary/aromatic N) is 4. The quantitative estimate of drug-likeness (QED) is 0.757. The third-order valence-corrected chi connectivity index (χ3v) is 4.28. The molecule has 1 N–H and O–H groups in total. The highest BCUT2D eigenvalue weighted by Gasteiger charge is 2.24. The van der Waals surface area contributed by atoms with Gasteiger partial charge in [0.1, 0.15) is 11.9 Å². The summed E-state index contributed by atoms with van der Waals surface area (Å²) in [7, 11) is 1.66. The fourth-order valence-electron chi connectivity index (χ4n) is 2.96. The van der Waals surface area contributed by atoms with E-state index in [1.165, 1.54) is 0 Å². The van der Waals surface area contributed by atoms with E-state index in [1.54, 1.807) is 18.0 Å². The van der Waals surface area contributed by atoms with E-state index in [2.05, 4.69) is 10.3 Å². The van der Waals surface area contributed by atoms with E-state index in [0.29, 0.717) is 19.6 Å². The highest BCUT2D eigenvalue weighted by molar-refractivity contribution is 5.29. The van der Waals surface area contributed by atoms with Gasteiger partial charge in [0.25, 0.3) is 0 Å². The lowest BCUT2D eigenvalue weighted by atomic mass is 10.1. The molecule has 1 aromatic carbocycles. The van der Waals surface area contributed by atoms with E-state index >= 15 is 0 Å². The van der Waals surface area contributed by atoms with Gasteiger partial charge >= 0.3 is 0 Å². The van der Waals surface area contributed by atoms with Crippen molar-refractivity contribution < 1.29 is 9.47 Å². The van der Waals surface area contributed by atoms with Crippen LogP contribution in [0.25, 0.3) is 5.82 Å². The molecule has 1 fully saturated rings. The molecule has 0 amide bonds. The van der Waals surface area contributed by atoms with Gasteiger partial charge in [-0.1, -0.05) is 18.2 Å². The number of pyridine rings is 1. The number of nitrogens with one attached hydrogen (secondary N) is 1. The summed E-state index contributed by atoms with van der Waals surface area (Å²) in [5.74, 6) is 3.10. The summed E-state index contributed by atoms with van der Waals surface area (Å²) in [6.07, 6.45) is 2.25. The predicted octanol–water partition coefficient (Wildman–Crippen LogP) is 1.92. The summed E-state index contributed by atoms with van der Waals surface area (Å²) < 4.78 is 12.9. The van der Waals surface area contributed by atoms with Gasteiger partial charge in [-0.3, -0.25) is 0 Å². The predicted molar refractivity (Wildman–Crippen MR) is 96.5 cm³/mol. The van der Waals surface area contributed by atoms with Gasteiger partial charge in [0.05, 0.1) is 13.7 Å². The van der Waals surface area contributed by atoms with Crippen LogP contribution in [0.1, 0.15) is 23.3 Å². The summed E-state index contributed by atoms with van der Waals surface area (Å²) in [5, 5.41) is 8.04. The molecule has 4 rings (SSSR count). The molecule has 0 bridgehead atoms. The molecule has 0 saturated carbocycles. The molecule has 1 unspecified atom stereocenters. The van der Waals surface area contributed by atoms with Gasteiger partial charge in [-0.15, -0.1) is 5.10 Å². The number of rotatable bonds is 5. The lowest BCUT2D eigenvalue weighted by Crippen LogP contribution is -2.34. The van der Waals surface area contributed by atoms with Crippen LogP contribution >= 0.6 is 0 Å². The molecule has 1 saturated heterocycles. The van der Waals surface area contributed by atoms with Crippen molar-refractivity contribution in [3.8, 4) is 11.6 Å². The zero-order valence-corrected chi connectivity index (χ0v) is 14.6. The maximum absolute atomic E-state index is 5.89. The van der Waals surface area contributed by atoms with E-state index in [0.717, 1.165) is 35.3 Å². The van der Waals surface area contributed by atoms with Crippen molar-refractivity contribution >= 4 is 0 Å². The summed E-state index contributed by atoms with van der Waals surface area (Å²) >= 11 is 0. The standard InChI is InChI=1S/C19H21N5O2/c1-25-15-7-5-14(6-8-15)12-17-22-19(16-13-20-10-11-26-16)24(23-17)18-4-2-3-9-21-18/h2-9,16,20H,10-13H2,1H3. The maximum atomic E-state index is 5.89. The minimum absolute atomic E-state index is 0.136. The average molecular weight is 351 g/mol. The second-order valence-electron chi connectivity index (χ2n) is 6.07. The number of benzene rings is 1. The fraction of sp³-hybridized carbons (Fsp3) is 0.316. The highest BCUT2D eigenvalue weighted by Crippen LogP contribution is 2.21. The monoisotopic (exact) mass is 351 g/mol. The third kappa shape index (κ3) is 3.58. The van der Waals surface area contributed by atoms with Crippen molar-refractivity contribution in [3.05, 3.63) is 65.9 Å². The van der Waals surface area contributed by atoms with Crippen molar-refractivity contribution in [2.75, 3.05) is 26.8 Å². The molecule has 1 aliphatic heterocycles. The Morgan fingerprint density at radius 1 is 1.23 bits per heavy atom. The molecular weight excluding hydrogens is 330 g/mol. The van der Waals surface area contributed by atoms with Gasteiger partial charge in [0, 0.05) is 25.7 Å². The third-order valence-electron chi connectivity index (χ3n) is 4.28. The van der Waals surface area contributed by atoms with Crippen molar-refractivity contribution in [2.45, 2.75) is 12.5 Å². The number of morpholine rings is 1. The zero-order chi connectivity index (χ0) is 17.8. The SMILES string of the molecule is COc1ccc(Cc2nc(C3CNCCO3)n(-c3ccccn3)n2)cc1. The molecule has 7 nitrogen and oxygen atoms in total. The van der Waals surface area contributed by atoms with Crippen LogP contribution in [0.2, 0.25) is 0 Å². The van der Waals surface area contributed by atoms with Gasteiger partial charge in [0.2, 0.25) is 0 Å². The van der Waals surface area contributed by atoms with Crippen LogP contribution in [0.3, 0.4) is 0 Å². The molecule has 3 heterocycles. The first kappa shape index (κ1) is 16.7. The Bertz CT molecular complexity index is 842. The van der Waals surface area contributed by atoms with Crippen LogP contribution in [-0.4, -0.2) is 46.6 Å². The van der Waals surface area contributed by atoms with E-state index in [1.807, 2.05) is 42.5 Å². The number of ether oxygens (including phenoxy) is 2. The van der Waals surface area contributed by atoms with Crippen LogP contribution in [0.4, 0.5) is 0 Å². The number of methoxy groups -OCH3 is 1. The molecule has 1 aliphatic rings. The van der Waals surface area contributed by atoms with Gasteiger partial charge in [-0.2, -0.15) is 4.68 Å². The molecule has 2 aromatic heterocycles. The number of hydrogen-bond acceptors (Lipinski definition) is 6. The molecule has 26 heavy (non-hydrogen) atoms. The van der Waals surface area contributed by atoms with Crippen molar-refractivity contribution in [1.29, 1.82) is 0 Å². The second-order valence-corrected chi connectivity index (χ2v) is 6.07. The molecule has 1 atom stereocenters. The van der Waals surface area contributed by atoms with E-state index in [9.17, 15) is 0 Å². The Kier molecular flexibility index (Phi) is 4.90. The first-order valence-corrected chi connectivity index (χ1v) is 8.66. The van der Waals surface area contributed by atoms with Gasteiger partial charge in [0.15, 0.2) is 17.5 Å². The highest BCUT2D eigenvalue weighted by atomic mass is 16.5. The smallest absolute Gasteiger partial charge is 0.164 e. The molecule has 134 valence electrons. The lowest BCUT2D eigenvalue weighted by molar-refractivity contribution is 0.0207. The molecule has 0 spiro atoms. The van der Waals surface area contributed by atoms with Gasteiger partial charge < -0.3 is 14.8 Å². The normalized spacial score (nSPS) is 17.2. The summed E-state index contributed by atoms with van der Waals surface area (Å²) in [4.78, 5) is 9.18. The molecule has 0 radical (unpaired) electrons. The zero-order valence-electron chi connectivity index (χ0n) is 14.6. The topological polar surface area (TPSA) is 74.1 Å². The van der Waals surface area contributed by atoms with Crippen LogP contribution in [0.5, 0.6) is 5.75 Å². The van der Waals surface area contributed by atoms with E-state index in [4.69, 9.17) is 19.6 Å². The van der Waals surface area contributed by atoms with Gasteiger partial charge in [-0.25, -0.2) is 9.97 Å². The molecule has 3 aromatic rings. The maximum Gasteiger partial charge on any atom is 0.164 e. The van der Waals surface area contributed by atoms with Gasteiger partial charge in [-0.05, 0) is 29.8 Å². The summed E-state index contributed by atoms with van der Waals surface area (Å²) in [5.41, 5.74) is 1.12. The first-order chi connectivity index (χ1) is 12.8. The van der Waals surface area contributed by atoms with Crippen LogP contribution in [-0.2, 0) is 11.2 Å². The first-order valence-electron chi connectivity index (χ1n) is 8.66. The largest absolute Gasteiger partial charge is 0.497 e. The van der Waals surface area contributed by atoms with E-state index in [-0.39, 0.29) is 6.10 Å².